The molecule has 5 unspecified atom stereocenters. The summed E-state index contributed by atoms with van der Waals surface area (Å²) in [5.41, 5.74) is 8.06. The second-order valence-electron chi connectivity index (χ2n) is 16.4. The molecule has 8 aliphatic rings. The number of hydrogen-bond donors (Lipinski definition) is 0. The van der Waals surface area contributed by atoms with Gasteiger partial charge in [0.1, 0.15) is 11.5 Å². The van der Waals surface area contributed by atoms with E-state index >= 15 is 0 Å². The van der Waals surface area contributed by atoms with E-state index in [9.17, 15) is 0 Å². The van der Waals surface area contributed by atoms with Crippen molar-refractivity contribution in [3.63, 3.8) is 0 Å². The first-order valence-electron chi connectivity index (χ1n) is 19.1. The number of ether oxygens (including phenoxy) is 1. The second kappa shape index (κ2) is 10.5. The summed E-state index contributed by atoms with van der Waals surface area (Å²) in [5.74, 6) is 10.8. The number of para-hydroxylation sites is 2. The van der Waals surface area contributed by atoms with Gasteiger partial charge in [-0.25, -0.2) is 15.0 Å². The summed E-state index contributed by atoms with van der Waals surface area (Å²) < 4.78 is 7.10. The molecular weight excluding hydrogens is 623 g/mol. The number of fused-ring (bicyclic) bond motifs is 2. The molecule has 4 nitrogen and oxygen atoms in total. The van der Waals surface area contributed by atoms with Gasteiger partial charge in [-0.15, -0.1) is 0 Å². The average molecular weight is 662 g/mol. The number of benzene rings is 5. The van der Waals surface area contributed by atoms with Crippen molar-refractivity contribution in [1.29, 1.82) is 0 Å². The predicted octanol–water partition coefficient (Wildman–Crippen LogP) is 10.9. The quantitative estimate of drug-likeness (QED) is 0.189. The van der Waals surface area contributed by atoms with Gasteiger partial charge in [-0.2, -0.15) is 0 Å². The molecular formula is C47H39N3O. The number of rotatable bonds is 4. The van der Waals surface area contributed by atoms with Crippen molar-refractivity contribution < 1.29 is 4.74 Å². The highest BCUT2D eigenvalue weighted by molar-refractivity contribution is 5.76. The molecule has 2 heterocycles. The molecule has 6 aromatic rings. The lowest BCUT2D eigenvalue weighted by atomic mass is 9.29. The van der Waals surface area contributed by atoms with E-state index in [-0.39, 0.29) is 5.41 Å². The lowest BCUT2D eigenvalue weighted by Crippen LogP contribution is -2.71. The Kier molecular flexibility index (Phi) is 5.87. The van der Waals surface area contributed by atoms with Gasteiger partial charge in [0.15, 0.2) is 17.5 Å². The van der Waals surface area contributed by atoms with Crippen LogP contribution < -0.4 is 4.74 Å². The molecule has 8 bridgehead atoms. The molecule has 1 aliphatic heterocycles. The monoisotopic (exact) mass is 661 g/mol. The van der Waals surface area contributed by atoms with E-state index in [1.54, 1.807) is 0 Å². The van der Waals surface area contributed by atoms with Gasteiger partial charge in [-0.1, -0.05) is 115 Å². The van der Waals surface area contributed by atoms with E-state index in [2.05, 4.69) is 121 Å². The summed E-state index contributed by atoms with van der Waals surface area (Å²) >= 11 is 0. The molecule has 7 fully saturated rings. The molecule has 5 aromatic carbocycles. The highest BCUT2D eigenvalue weighted by Crippen LogP contribution is 2.78. The molecule has 51 heavy (non-hydrogen) atoms. The molecule has 14 rings (SSSR count). The van der Waals surface area contributed by atoms with Crippen LogP contribution in [0.3, 0.4) is 0 Å². The zero-order valence-corrected chi connectivity index (χ0v) is 28.5. The molecule has 0 N–H and O–H groups in total. The van der Waals surface area contributed by atoms with E-state index in [1.165, 1.54) is 54.4 Å². The zero-order chi connectivity index (χ0) is 33.3. The Bertz CT molecular complexity index is 2310. The lowest BCUT2D eigenvalue weighted by Gasteiger charge is -2.75. The molecule has 4 heteroatoms. The van der Waals surface area contributed by atoms with Crippen molar-refractivity contribution >= 4 is 0 Å². The Hall–Kier alpha value is -5.09. The smallest absolute Gasteiger partial charge is 0.167 e. The molecule has 7 aliphatic carbocycles. The normalized spacial score (nSPS) is 31.4. The maximum atomic E-state index is 7.10. The van der Waals surface area contributed by atoms with E-state index < -0.39 is 0 Å². The van der Waals surface area contributed by atoms with Crippen LogP contribution in [0.15, 0.2) is 127 Å². The first kappa shape index (κ1) is 28.6. The molecule has 5 atom stereocenters. The number of nitrogens with zero attached hydrogens (tertiary/aromatic N) is 3. The fraction of sp³-hybridized carbons (Fsp3) is 0.298. The minimum atomic E-state index is -0.0266. The Labute approximate surface area is 299 Å². The van der Waals surface area contributed by atoms with Crippen LogP contribution in [0, 0.1) is 47.3 Å². The maximum Gasteiger partial charge on any atom is 0.167 e. The minimum absolute atomic E-state index is 0.0266. The standard InChI is InChI=1S/C47H39N3O/c1-3-10-28(11-4-1)29-18-20-31(21-19-29)45-48-44(30-12-5-2-6-13-30)49-46(50-45)33-14-9-16-40-43(33)51-41-17-8-7-15-39(41)47(40)32-25-35-34-22-27-23-37(35)42(47)38(24-27)36(34)26-32/h1-21,27,32,34-38,42H,22-26H2. The van der Waals surface area contributed by atoms with Crippen molar-refractivity contribution in [2.45, 2.75) is 37.5 Å². The van der Waals surface area contributed by atoms with E-state index in [1.807, 2.05) is 6.07 Å². The van der Waals surface area contributed by atoms with Crippen LogP contribution in [0.2, 0.25) is 0 Å². The SMILES string of the molecule is c1ccc(-c2ccc(-c3nc(-c4ccccc4)nc(-c4cccc5c4Oc4ccccc4C54C5CC6C7CC8CC6C4C(C8)C7C5)n3)cc2)cc1. The molecule has 7 saturated carbocycles. The van der Waals surface area contributed by atoms with Gasteiger partial charge in [0.2, 0.25) is 0 Å². The highest BCUT2D eigenvalue weighted by Gasteiger charge is 2.73. The van der Waals surface area contributed by atoms with Crippen molar-refractivity contribution in [3.8, 4) is 56.8 Å². The van der Waals surface area contributed by atoms with Gasteiger partial charge in [0, 0.05) is 27.7 Å². The van der Waals surface area contributed by atoms with Crippen LogP contribution in [0.4, 0.5) is 0 Å². The molecule has 1 spiro atoms. The van der Waals surface area contributed by atoms with Gasteiger partial charge in [-0.05, 0) is 103 Å². The molecule has 1 aromatic heterocycles. The van der Waals surface area contributed by atoms with Gasteiger partial charge in [0.25, 0.3) is 0 Å². The summed E-state index contributed by atoms with van der Waals surface area (Å²) in [6, 6.07) is 45.3. The molecule has 0 amide bonds. The zero-order valence-electron chi connectivity index (χ0n) is 28.5. The van der Waals surface area contributed by atoms with Gasteiger partial charge >= 0.3 is 0 Å². The average Bonchev–Trinajstić information content (AvgIpc) is 3.20. The first-order valence-corrected chi connectivity index (χ1v) is 19.1. The fourth-order valence-corrected chi connectivity index (χ4v) is 12.9. The van der Waals surface area contributed by atoms with Crippen LogP contribution in [0.1, 0.15) is 43.2 Å². The lowest BCUT2D eigenvalue weighted by molar-refractivity contribution is -0.233. The Morgan fingerprint density at radius 3 is 1.71 bits per heavy atom. The predicted molar refractivity (Wildman–Crippen MR) is 200 cm³/mol. The third-order valence-electron chi connectivity index (χ3n) is 14.4. The Balaban J connectivity index is 1.05. The highest BCUT2D eigenvalue weighted by atomic mass is 16.5. The second-order valence-corrected chi connectivity index (χ2v) is 16.4. The van der Waals surface area contributed by atoms with Crippen LogP contribution in [0.5, 0.6) is 11.5 Å². The summed E-state index contributed by atoms with van der Waals surface area (Å²) in [4.78, 5) is 15.6. The molecule has 248 valence electrons. The van der Waals surface area contributed by atoms with Crippen LogP contribution in [-0.2, 0) is 5.41 Å². The topological polar surface area (TPSA) is 47.9 Å². The number of hydrogen-bond acceptors (Lipinski definition) is 4. The Morgan fingerprint density at radius 1 is 0.451 bits per heavy atom. The van der Waals surface area contributed by atoms with E-state index in [0.717, 1.165) is 63.7 Å². The van der Waals surface area contributed by atoms with Crippen molar-refractivity contribution in [1.82, 2.24) is 15.0 Å². The van der Waals surface area contributed by atoms with Crippen LogP contribution in [0.25, 0.3) is 45.3 Å². The molecule has 0 saturated heterocycles. The van der Waals surface area contributed by atoms with Crippen molar-refractivity contribution in [2.75, 3.05) is 0 Å². The maximum absolute atomic E-state index is 7.10. The summed E-state index contributed by atoms with van der Waals surface area (Å²) in [6.07, 6.45) is 7.11. The van der Waals surface area contributed by atoms with Crippen LogP contribution >= 0.6 is 0 Å². The minimum Gasteiger partial charge on any atom is -0.456 e. The van der Waals surface area contributed by atoms with Gasteiger partial charge in [0.05, 0.1) is 5.56 Å². The van der Waals surface area contributed by atoms with Crippen molar-refractivity contribution in [3.05, 3.63) is 139 Å². The largest absolute Gasteiger partial charge is 0.456 e. The van der Waals surface area contributed by atoms with E-state index in [4.69, 9.17) is 19.7 Å². The third-order valence-corrected chi connectivity index (χ3v) is 14.4. The fourth-order valence-electron chi connectivity index (χ4n) is 12.9. The first-order chi connectivity index (χ1) is 25.2. The summed E-state index contributed by atoms with van der Waals surface area (Å²) in [7, 11) is 0. The summed E-state index contributed by atoms with van der Waals surface area (Å²) in [5, 5.41) is 0. The van der Waals surface area contributed by atoms with E-state index in [0.29, 0.717) is 29.3 Å². The third kappa shape index (κ3) is 3.88. The van der Waals surface area contributed by atoms with Crippen molar-refractivity contribution in [2.24, 2.45) is 47.3 Å². The Morgan fingerprint density at radius 2 is 0.980 bits per heavy atom. The summed E-state index contributed by atoms with van der Waals surface area (Å²) in [6.45, 7) is 0. The van der Waals surface area contributed by atoms with Gasteiger partial charge in [-0.3, -0.25) is 0 Å². The van der Waals surface area contributed by atoms with Crippen LogP contribution in [-0.4, -0.2) is 15.0 Å². The number of aromatic nitrogens is 3. The van der Waals surface area contributed by atoms with Gasteiger partial charge < -0.3 is 4.74 Å². The molecule has 0 radical (unpaired) electrons.